The minimum absolute atomic E-state index is 0.138. The Bertz CT molecular complexity index is 613. The molecule has 0 N–H and O–H groups in total. The van der Waals surface area contributed by atoms with Crippen LogP contribution in [0.1, 0.15) is 34.8 Å². The molecular formula is C15H13ClINO. The van der Waals surface area contributed by atoms with Crippen molar-refractivity contribution in [2.45, 2.75) is 19.8 Å². The molecule has 1 aromatic heterocycles. The second kappa shape index (κ2) is 6.48. The van der Waals surface area contributed by atoms with Gasteiger partial charge in [0.1, 0.15) is 0 Å². The molecule has 2 aromatic rings. The molecule has 1 heterocycles. The topological polar surface area (TPSA) is 30.0 Å². The van der Waals surface area contributed by atoms with Crippen molar-refractivity contribution in [3.63, 3.8) is 0 Å². The summed E-state index contributed by atoms with van der Waals surface area (Å²) in [5.74, 6) is 0.138. The van der Waals surface area contributed by atoms with Gasteiger partial charge in [0.25, 0.3) is 0 Å². The molecule has 0 fully saturated rings. The molecule has 0 radical (unpaired) electrons. The van der Waals surface area contributed by atoms with E-state index in [2.05, 4.69) is 27.6 Å². The monoisotopic (exact) mass is 385 g/mol. The summed E-state index contributed by atoms with van der Waals surface area (Å²) < 4.78 is 1.10. The maximum Gasteiger partial charge on any atom is 0.162 e. The number of carbonyl (C=O) groups excluding carboxylic acids is 1. The summed E-state index contributed by atoms with van der Waals surface area (Å²) in [5.41, 5.74) is 2.69. The van der Waals surface area contributed by atoms with Crippen molar-refractivity contribution in [1.82, 2.24) is 4.98 Å². The zero-order valence-corrected chi connectivity index (χ0v) is 13.4. The highest BCUT2D eigenvalue weighted by atomic mass is 127. The normalized spacial score (nSPS) is 10.5. The van der Waals surface area contributed by atoms with Crippen LogP contribution in [-0.2, 0) is 6.42 Å². The molecule has 2 nitrogen and oxygen atoms in total. The summed E-state index contributed by atoms with van der Waals surface area (Å²) in [7, 11) is 0. The third kappa shape index (κ3) is 3.54. The van der Waals surface area contributed by atoms with E-state index in [1.54, 1.807) is 18.5 Å². The van der Waals surface area contributed by atoms with E-state index >= 15 is 0 Å². The maximum absolute atomic E-state index is 11.9. The van der Waals surface area contributed by atoms with Gasteiger partial charge in [0.05, 0.1) is 0 Å². The average Bonchev–Trinajstić information content (AvgIpc) is 2.41. The quantitative estimate of drug-likeness (QED) is 0.572. The number of nitrogens with zero attached hydrogens (tertiary/aromatic N) is 1. The number of hydrogen-bond acceptors (Lipinski definition) is 2. The SMILES string of the molecule is CCC(=O)c1ccncc1Cc1ccc(I)cc1Cl. The van der Waals surface area contributed by atoms with Crippen molar-refractivity contribution in [1.29, 1.82) is 0 Å². The third-order valence-electron chi connectivity index (χ3n) is 2.92. The van der Waals surface area contributed by atoms with E-state index in [1.165, 1.54) is 0 Å². The van der Waals surface area contributed by atoms with Crippen molar-refractivity contribution >= 4 is 40.0 Å². The first-order valence-electron chi connectivity index (χ1n) is 6.01. The van der Waals surface area contributed by atoms with Gasteiger partial charge in [-0.25, -0.2) is 0 Å². The first kappa shape index (κ1) is 14.5. The minimum Gasteiger partial charge on any atom is -0.294 e. The van der Waals surface area contributed by atoms with E-state index in [4.69, 9.17) is 11.6 Å². The molecular weight excluding hydrogens is 373 g/mol. The van der Waals surface area contributed by atoms with Crippen molar-refractivity contribution < 1.29 is 4.79 Å². The van der Waals surface area contributed by atoms with Gasteiger partial charge in [-0.2, -0.15) is 0 Å². The van der Waals surface area contributed by atoms with E-state index < -0.39 is 0 Å². The van der Waals surface area contributed by atoms with Gasteiger partial charge in [-0.05, 0) is 51.9 Å². The fourth-order valence-electron chi connectivity index (χ4n) is 1.90. The summed E-state index contributed by atoms with van der Waals surface area (Å²) in [4.78, 5) is 16.0. The van der Waals surface area contributed by atoms with E-state index in [1.807, 2.05) is 25.1 Å². The number of halogens is 2. The molecule has 2 rings (SSSR count). The highest BCUT2D eigenvalue weighted by Crippen LogP contribution is 2.23. The highest BCUT2D eigenvalue weighted by molar-refractivity contribution is 14.1. The number of rotatable bonds is 4. The molecule has 19 heavy (non-hydrogen) atoms. The van der Waals surface area contributed by atoms with E-state index in [9.17, 15) is 4.79 Å². The van der Waals surface area contributed by atoms with Crippen molar-refractivity contribution in [3.05, 3.63) is 61.9 Å². The molecule has 0 unspecified atom stereocenters. The first-order chi connectivity index (χ1) is 9.11. The number of ketones is 1. The smallest absolute Gasteiger partial charge is 0.162 e. The van der Waals surface area contributed by atoms with Crippen LogP contribution in [0.5, 0.6) is 0 Å². The molecule has 4 heteroatoms. The lowest BCUT2D eigenvalue weighted by atomic mass is 9.98. The minimum atomic E-state index is 0.138. The predicted molar refractivity (Wildman–Crippen MR) is 85.8 cm³/mol. The fourth-order valence-corrected chi connectivity index (χ4v) is 2.82. The molecule has 0 bridgehead atoms. The van der Waals surface area contributed by atoms with Gasteiger partial charge in [-0.1, -0.05) is 24.6 Å². The zero-order chi connectivity index (χ0) is 13.8. The predicted octanol–water partition coefficient (Wildman–Crippen LogP) is 4.52. The van der Waals surface area contributed by atoms with Gasteiger partial charge in [0.15, 0.2) is 5.78 Å². The number of hydrogen-bond donors (Lipinski definition) is 0. The van der Waals surface area contributed by atoms with Gasteiger partial charge in [0, 0.05) is 39.4 Å². The summed E-state index contributed by atoms with van der Waals surface area (Å²) in [6.07, 6.45) is 4.53. The number of benzene rings is 1. The molecule has 0 amide bonds. The van der Waals surface area contributed by atoms with Crippen LogP contribution < -0.4 is 0 Å². The Labute approximate surface area is 131 Å². The van der Waals surface area contributed by atoms with E-state index in [0.29, 0.717) is 12.8 Å². The maximum atomic E-state index is 11.9. The highest BCUT2D eigenvalue weighted by Gasteiger charge is 2.11. The molecule has 1 aromatic carbocycles. The lowest BCUT2D eigenvalue weighted by Crippen LogP contribution is -2.04. The Kier molecular flexibility index (Phi) is 4.93. The Morgan fingerprint density at radius 1 is 1.32 bits per heavy atom. The molecule has 0 aliphatic heterocycles. The lowest BCUT2D eigenvalue weighted by Gasteiger charge is -2.09. The molecule has 0 saturated heterocycles. The summed E-state index contributed by atoms with van der Waals surface area (Å²) >= 11 is 8.46. The summed E-state index contributed by atoms with van der Waals surface area (Å²) in [5, 5.41) is 0.727. The first-order valence-corrected chi connectivity index (χ1v) is 7.47. The van der Waals surface area contributed by atoms with Crippen molar-refractivity contribution in [2.24, 2.45) is 0 Å². The average molecular weight is 386 g/mol. The van der Waals surface area contributed by atoms with Crippen LogP contribution in [0.2, 0.25) is 5.02 Å². The molecule has 0 atom stereocenters. The molecule has 0 aliphatic carbocycles. The Morgan fingerprint density at radius 2 is 2.11 bits per heavy atom. The number of aromatic nitrogens is 1. The Hall–Kier alpha value is -0.940. The van der Waals surface area contributed by atoms with Gasteiger partial charge < -0.3 is 0 Å². The van der Waals surface area contributed by atoms with Crippen LogP contribution >= 0.6 is 34.2 Å². The Balaban J connectivity index is 2.35. The number of pyridine rings is 1. The molecule has 0 aliphatic rings. The van der Waals surface area contributed by atoms with Crippen LogP contribution in [-0.4, -0.2) is 10.8 Å². The molecule has 0 saturated carbocycles. The molecule has 98 valence electrons. The van der Waals surface area contributed by atoms with Crippen LogP contribution in [0.4, 0.5) is 0 Å². The van der Waals surface area contributed by atoms with E-state index in [-0.39, 0.29) is 5.78 Å². The van der Waals surface area contributed by atoms with Crippen molar-refractivity contribution in [3.8, 4) is 0 Å². The van der Waals surface area contributed by atoms with Crippen molar-refractivity contribution in [2.75, 3.05) is 0 Å². The largest absolute Gasteiger partial charge is 0.294 e. The second-order valence-corrected chi connectivity index (χ2v) is 5.87. The zero-order valence-electron chi connectivity index (χ0n) is 10.5. The summed E-state index contributed by atoms with van der Waals surface area (Å²) in [6, 6.07) is 7.72. The standard InChI is InChI=1S/C15H13ClINO/c1-2-15(19)13-5-6-18-9-11(13)7-10-3-4-12(17)8-14(10)16/h3-6,8-9H,2,7H2,1H3. The fraction of sp³-hybridized carbons (Fsp3) is 0.200. The van der Waals surface area contributed by atoms with Gasteiger partial charge >= 0.3 is 0 Å². The second-order valence-electron chi connectivity index (χ2n) is 4.22. The number of carbonyl (C=O) groups is 1. The number of Topliss-reactive ketones (excluding diaryl/α,β-unsaturated/α-hetero) is 1. The molecule has 0 spiro atoms. The van der Waals surface area contributed by atoms with Crippen LogP contribution in [0.15, 0.2) is 36.7 Å². The summed E-state index contributed by atoms with van der Waals surface area (Å²) in [6.45, 7) is 1.87. The van der Waals surface area contributed by atoms with Crippen LogP contribution in [0, 0.1) is 3.57 Å². The van der Waals surface area contributed by atoms with Gasteiger partial charge in [0.2, 0.25) is 0 Å². The Morgan fingerprint density at radius 3 is 2.79 bits per heavy atom. The van der Waals surface area contributed by atoms with Gasteiger partial charge in [-0.3, -0.25) is 9.78 Å². The van der Waals surface area contributed by atoms with Gasteiger partial charge in [-0.15, -0.1) is 0 Å². The van der Waals surface area contributed by atoms with Crippen LogP contribution in [0.25, 0.3) is 0 Å². The third-order valence-corrected chi connectivity index (χ3v) is 3.94. The van der Waals surface area contributed by atoms with Crippen LogP contribution in [0.3, 0.4) is 0 Å². The van der Waals surface area contributed by atoms with E-state index in [0.717, 1.165) is 25.3 Å². The lowest BCUT2D eigenvalue weighted by molar-refractivity contribution is 0.0987.